The normalized spacial score (nSPS) is 8.33. The van der Waals surface area contributed by atoms with Crippen LogP contribution in [0.15, 0.2) is 0 Å². The van der Waals surface area contributed by atoms with Gasteiger partial charge in [0.2, 0.25) is 0 Å². The van der Waals surface area contributed by atoms with E-state index in [1.807, 2.05) is 6.26 Å². The van der Waals surface area contributed by atoms with Crippen molar-refractivity contribution in [2.24, 2.45) is 0 Å². The molecule has 0 aliphatic rings. The van der Waals surface area contributed by atoms with E-state index in [0.717, 1.165) is 4.20 Å². The zero-order chi connectivity index (χ0) is 4.99. The molecular formula is C3H5ClS2. The predicted molar refractivity (Wildman–Crippen MR) is 36.8 cm³/mol. The third-order valence-electron chi connectivity index (χ3n) is 0.337. The van der Waals surface area contributed by atoms with Crippen LogP contribution in [0.2, 0.25) is 0 Å². The third kappa shape index (κ3) is 2.94. The number of rotatable bonds is 1. The predicted octanol–water partition coefficient (Wildman–Crippen LogP) is 1.92. The Labute approximate surface area is 52.3 Å². The average molecular weight is 141 g/mol. The van der Waals surface area contributed by atoms with Crippen LogP contribution in [0.5, 0.6) is 0 Å². The summed E-state index contributed by atoms with van der Waals surface area (Å²) < 4.78 is 0.858. The van der Waals surface area contributed by atoms with Crippen molar-refractivity contribution in [1.29, 1.82) is 0 Å². The van der Waals surface area contributed by atoms with Crippen LogP contribution < -0.4 is 0 Å². The molecule has 0 spiro atoms. The molecule has 0 bridgehead atoms. The largest absolute Gasteiger partial charge is 0.121 e. The van der Waals surface area contributed by atoms with E-state index >= 15 is 0 Å². The molecule has 0 unspecified atom stereocenters. The second-order valence-corrected chi connectivity index (χ2v) is 2.63. The highest BCUT2D eigenvalue weighted by Crippen LogP contribution is 1.97. The van der Waals surface area contributed by atoms with Crippen molar-refractivity contribution in [2.45, 2.75) is 0 Å². The van der Waals surface area contributed by atoms with Crippen LogP contribution in [-0.4, -0.2) is 16.3 Å². The fourth-order valence-corrected chi connectivity index (χ4v) is 0.491. The molecule has 0 aromatic carbocycles. The first-order valence-corrected chi connectivity index (χ1v) is 3.60. The summed E-state index contributed by atoms with van der Waals surface area (Å²) in [5.41, 5.74) is 0. The van der Waals surface area contributed by atoms with Crippen LogP contribution in [0.4, 0.5) is 0 Å². The Morgan fingerprint density at radius 2 is 2.50 bits per heavy atom. The van der Waals surface area contributed by atoms with Gasteiger partial charge in [-0.05, 0) is 6.26 Å². The highest BCUT2D eigenvalue weighted by Gasteiger charge is 1.83. The molecule has 0 saturated carbocycles. The van der Waals surface area contributed by atoms with Gasteiger partial charge in [-0.15, -0.1) is 23.4 Å². The van der Waals surface area contributed by atoms with Gasteiger partial charge < -0.3 is 0 Å². The molecule has 0 rings (SSSR count). The van der Waals surface area contributed by atoms with E-state index in [-0.39, 0.29) is 0 Å². The van der Waals surface area contributed by atoms with Gasteiger partial charge in [0.25, 0.3) is 0 Å². The molecule has 0 fully saturated rings. The minimum atomic E-state index is 0.497. The zero-order valence-electron chi connectivity index (χ0n) is 3.40. The lowest BCUT2D eigenvalue weighted by Crippen LogP contribution is -1.83. The van der Waals surface area contributed by atoms with Gasteiger partial charge in [0.15, 0.2) is 0 Å². The van der Waals surface area contributed by atoms with E-state index in [9.17, 15) is 0 Å². The molecule has 3 heteroatoms. The summed E-state index contributed by atoms with van der Waals surface area (Å²) in [7, 11) is 0. The van der Waals surface area contributed by atoms with Crippen molar-refractivity contribution in [3.63, 3.8) is 0 Å². The van der Waals surface area contributed by atoms with Crippen molar-refractivity contribution < 1.29 is 0 Å². The molecule has 0 heterocycles. The van der Waals surface area contributed by atoms with Gasteiger partial charge in [-0.25, -0.2) is 0 Å². The molecule has 0 aromatic rings. The van der Waals surface area contributed by atoms with Gasteiger partial charge in [0.05, 0.1) is 10.1 Å². The number of hydrogen-bond acceptors (Lipinski definition) is 2. The smallest absolute Gasteiger partial charge is 0.0637 e. The fourth-order valence-electron chi connectivity index (χ4n) is 0.0546. The minimum Gasteiger partial charge on any atom is -0.121 e. The van der Waals surface area contributed by atoms with E-state index < -0.39 is 0 Å². The number of thioether (sulfide) groups is 1. The first-order valence-electron chi connectivity index (χ1n) is 1.44. The van der Waals surface area contributed by atoms with Gasteiger partial charge in [0.1, 0.15) is 0 Å². The molecule has 0 nitrogen and oxygen atoms in total. The zero-order valence-corrected chi connectivity index (χ0v) is 5.79. The molecule has 0 amide bonds. The molecule has 0 aromatic heterocycles. The van der Waals surface area contributed by atoms with Gasteiger partial charge in [-0.1, -0.05) is 12.2 Å². The highest BCUT2D eigenvalue weighted by molar-refractivity contribution is 8.22. The van der Waals surface area contributed by atoms with Crippen LogP contribution >= 0.6 is 35.6 Å². The Morgan fingerprint density at radius 1 is 2.00 bits per heavy atom. The van der Waals surface area contributed by atoms with Crippen LogP contribution in [-0.2, 0) is 0 Å². The molecule has 6 heavy (non-hydrogen) atoms. The Bertz CT molecular complexity index is 46.8. The van der Waals surface area contributed by atoms with Gasteiger partial charge >= 0.3 is 0 Å². The SMILES string of the molecule is CSC(=S)CCl. The monoisotopic (exact) mass is 140 g/mol. The Balaban J connectivity index is 2.99. The summed E-state index contributed by atoms with van der Waals surface area (Å²) >= 11 is 11.5. The highest BCUT2D eigenvalue weighted by atomic mass is 35.5. The van der Waals surface area contributed by atoms with Crippen molar-refractivity contribution in [2.75, 3.05) is 12.1 Å². The van der Waals surface area contributed by atoms with Crippen LogP contribution in [0, 0.1) is 0 Å². The van der Waals surface area contributed by atoms with E-state index in [1.54, 1.807) is 0 Å². The van der Waals surface area contributed by atoms with Crippen LogP contribution in [0.25, 0.3) is 0 Å². The summed E-state index contributed by atoms with van der Waals surface area (Å²) in [6.07, 6.45) is 1.92. The number of hydrogen-bond donors (Lipinski definition) is 0. The van der Waals surface area contributed by atoms with Crippen molar-refractivity contribution in [1.82, 2.24) is 0 Å². The molecule has 0 atom stereocenters. The summed E-state index contributed by atoms with van der Waals surface area (Å²) in [5.74, 6) is 0.497. The molecule has 0 saturated heterocycles. The van der Waals surface area contributed by atoms with E-state index in [1.165, 1.54) is 11.8 Å². The van der Waals surface area contributed by atoms with E-state index in [2.05, 4.69) is 12.2 Å². The van der Waals surface area contributed by atoms with Gasteiger partial charge in [0, 0.05) is 0 Å². The second-order valence-electron chi connectivity index (χ2n) is 0.710. The number of alkyl halides is 1. The Kier molecular flexibility index (Phi) is 4.38. The first-order chi connectivity index (χ1) is 2.81. The fraction of sp³-hybridized carbons (Fsp3) is 0.667. The third-order valence-corrected chi connectivity index (χ3v) is 2.16. The van der Waals surface area contributed by atoms with Gasteiger partial charge in [-0.2, -0.15) is 0 Å². The number of thiocarbonyl (C=S) groups is 1. The summed E-state index contributed by atoms with van der Waals surface area (Å²) in [6, 6.07) is 0. The topological polar surface area (TPSA) is 0 Å². The molecule has 0 aliphatic carbocycles. The van der Waals surface area contributed by atoms with Crippen LogP contribution in [0.1, 0.15) is 0 Å². The van der Waals surface area contributed by atoms with E-state index in [4.69, 9.17) is 11.6 Å². The van der Waals surface area contributed by atoms with Crippen molar-refractivity contribution in [3.05, 3.63) is 0 Å². The maximum Gasteiger partial charge on any atom is 0.0637 e. The average Bonchev–Trinajstić information content (AvgIpc) is 1.65. The summed E-state index contributed by atoms with van der Waals surface area (Å²) in [4.78, 5) is 0. The molecule has 0 radical (unpaired) electrons. The lowest BCUT2D eigenvalue weighted by Gasteiger charge is -1.84. The standard InChI is InChI=1S/C3H5ClS2/c1-6-3(5)2-4/h2H2,1H3. The maximum absolute atomic E-state index is 5.29. The van der Waals surface area contributed by atoms with Gasteiger partial charge in [-0.3, -0.25) is 0 Å². The maximum atomic E-state index is 5.29. The van der Waals surface area contributed by atoms with Crippen molar-refractivity contribution >= 4 is 39.8 Å². The molecular weight excluding hydrogens is 136 g/mol. The lowest BCUT2D eigenvalue weighted by molar-refractivity contribution is 2.10. The quantitative estimate of drug-likeness (QED) is 0.403. The lowest BCUT2D eigenvalue weighted by atomic mass is 11.0. The molecule has 0 N–H and O–H groups in total. The van der Waals surface area contributed by atoms with Crippen molar-refractivity contribution in [3.8, 4) is 0 Å². The Hall–Kier alpha value is 0.730. The Morgan fingerprint density at radius 3 is 2.50 bits per heavy atom. The molecule has 36 valence electrons. The summed E-state index contributed by atoms with van der Waals surface area (Å²) in [6.45, 7) is 0. The van der Waals surface area contributed by atoms with E-state index in [0.29, 0.717) is 5.88 Å². The minimum absolute atomic E-state index is 0.497. The second kappa shape index (κ2) is 3.90. The van der Waals surface area contributed by atoms with Crippen LogP contribution in [0.3, 0.4) is 0 Å². The first kappa shape index (κ1) is 6.73. The molecule has 0 aliphatic heterocycles. The summed E-state index contributed by atoms with van der Waals surface area (Å²) in [5, 5.41) is 0. The number of halogens is 1.